The van der Waals surface area contributed by atoms with Crippen LogP contribution in [0.25, 0.3) is 0 Å². The molecule has 0 saturated heterocycles. The quantitative estimate of drug-likeness (QED) is 0.921. The lowest BCUT2D eigenvalue weighted by atomic mass is 10.1. The highest BCUT2D eigenvalue weighted by molar-refractivity contribution is 9.10. The molecule has 0 aromatic heterocycles. The van der Waals surface area contributed by atoms with Crippen molar-refractivity contribution >= 4 is 27.5 Å². The van der Waals surface area contributed by atoms with E-state index in [1.807, 2.05) is 6.07 Å². The molecule has 1 aromatic rings. The van der Waals surface area contributed by atoms with Gasteiger partial charge in [0.1, 0.15) is 0 Å². The second kappa shape index (κ2) is 5.35. The van der Waals surface area contributed by atoms with E-state index in [1.54, 1.807) is 12.1 Å². The minimum Gasteiger partial charge on any atom is -0.396 e. The number of hydrogen-bond donors (Lipinski definition) is 1. The molecule has 0 radical (unpaired) electrons. The zero-order valence-corrected chi connectivity index (χ0v) is 9.77. The summed E-state index contributed by atoms with van der Waals surface area (Å²) in [5.74, 6) is 0. The van der Waals surface area contributed by atoms with Gasteiger partial charge in [-0.15, -0.1) is 0 Å². The van der Waals surface area contributed by atoms with Crippen LogP contribution in [0.1, 0.15) is 17.5 Å². The lowest BCUT2D eigenvalue weighted by molar-refractivity contribution is 0.288. The zero-order chi connectivity index (χ0) is 10.6. The maximum atomic E-state index is 8.70. The number of aliphatic hydroxyl groups is 1. The van der Waals surface area contributed by atoms with Crippen molar-refractivity contribution in [3.8, 4) is 6.07 Å². The van der Waals surface area contributed by atoms with Gasteiger partial charge < -0.3 is 5.11 Å². The molecule has 4 heteroatoms. The molecule has 1 aromatic carbocycles. The Labute approximate surface area is 96.2 Å². The van der Waals surface area contributed by atoms with Crippen molar-refractivity contribution in [3.05, 3.63) is 32.8 Å². The van der Waals surface area contributed by atoms with Crippen LogP contribution in [0.15, 0.2) is 16.6 Å². The van der Waals surface area contributed by atoms with E-state index in [1.165, 1.54) is 0 Å². The van der Waals surface area contributed by atoms with Crippen molar-refractivity contribution in [1.29, 1.82) is 5.26 Å². The minimum absolute atomic E-state index is 0.142. The van der Waals surface area contributed by atoms with Crippen LogP contribution in [0.5, 0.6) is 0 Å². The lowest BCUT2D eigenvalue weighted by Crippen LogP contribution is -1.93. The van der Waals surface area contributed by atoms with Gasteiger partial charge in [-0.05, 0) is 30.5 Å². The number of halogens is 2. The molecule has 74 valence electrons. The van der Waals surface area contributed by atoms with Crippen LogP contribution < -0.4 is 0 Å². The van der Waals surface area contributed by atoms with Crippen LogP contribution in [0, 0.1) is 11.3 Å². The third-order valence-electron chi connectivity index (χ3n) is 1.86. The summed E-state index contributed by atoms with van der Waals surface area (Å²) in [6.07, 6.45) is 1.38. The predicted molar refractivity (Wildman–Crippen MR) is 59.3 cm³/mol. The highest BCUT2D eigenvalue weighted by Gasteiger charge is 2.07. The van der Waals surface area contributed by atoms with E-state index in [2.05, 4.69) is 15.9 Å². The third kappa shape index (κ3) is 2.71. The maximum Gasteiger partial charge on any atom is 0.0992 e. The average molecular weight is 275 g/mol. The second-order valence-electron chi connectivity index (χ2n) is 2.86. The number of rotatable bonds is 3. The summed E-state index contributed by atoms with van der Waals surface area (Å²) in [6, 6.07) is 5.40. The van der Waals surface area contributed by atoms with E-state index in [4.69, 9.17) is 22.0 Å². The molecule has 2 nitrogen and oxygen atoms in total. The van der Waals surface area contributed by atoms with Gasteiger partial charge in [0.25, 0.3) is 0 Å². The number of nitrogens with zero attached hydrogens (tertiary/aromatic N) is 1. The maximum absolute atomic E-state index is 8.70. The fourth-order valence-electron chi connectivity index (χ4n) is 1.16. The summed E-state index contributed by atoms with van der Waals surface area (Å²) in [5, 5.41) is 18.0. The summed E-state index contributed by atoms with van der Waals surface area (Å²) in [5.41, 5.74) is 1.48. The first-order valence-corrected chi connectivity index (χ1v) is 5.35. The van der Waals surface area contributed by atoms with Crippen molar-refractivity contribution in [2.75, 3.05) is 6.61 Å². The summed E-state index contributed by atoms with van der Waals surface area (Å²) >= 11 is 9.34. The van der Waals surface area contributed by atoms with Crippen LogP contribution in [0.2, 0.25) is 5.02 Å². The highest BCUT2D eigenvalue weighted by Crippen LogP contribution is 2.27. The van der Waals surface area contributed by atoms with E-state index in [0.717, 1.165) is 10.0 Å². The smallest absolute Gasteiger partial charge is 0.0992 e. The lowest BCUT2D eigenvalue weighted by Gasteiger charge is -2.06. The van der Waals surface area contributed by atoms with Crippen LogP contribution in [0.3, 0.4) is 0 Å². The van der Waals surface area contributed by atoms with Gasteiger partial charge in [0.15, 0.2) is 0 Å². The molecule has 1 N–H and O–H groups in total. The molecule has 0 unspecified atom stereocenters. The van der Waals surface area contributed by atoms with Gasteiger partial charge in [0.2, 0.25) is 0 Å². The molecular formula is C10H9BrClNO. The average Bonchev–Trinajstić information content (AvgIpc) is 2.16. The molecule has 0 saturated carbocycles. The Kier molecular flexibility index (Phi) is 4.40. The van der Waals surface area contributed by atoms with Gasteiger partial charge in [-0.3, -0.25) is 0 Å². The minimum atomic E-state index is 0.142. The Hall–Kier alpha value is -0.560. The molecule has 0 bridgehead atoms. The topological polar surface area (TPSA) is 44.0 Å². The molecular weight excluding hydrogens is 265 g/mol. The van der Waals surface area contributed by atoms with Gasteiger partial charge in [-0.2, -0.15) is 5.26 Å². The molecule has 0 spiro atoms. The summed E-state index contributed by atoms with van der Waals surface area (Å²) in [4.78, 5) is 0. The molecule has 1 rings (SSSR count). The van der Waals surface area contributed by atoms with Crippen molar-refractivity contribution in [2.45, 2.75) is 12.8 Å². The molecule has 0 amide bonds. The van der Waals surface area contributed by atoms with Crippen LogP contribution in [-0.2, 0) is 6.42 Å². The van der Waals surface area contributed by atoms with Gasteiger partial charge in [-0.25, -0.2) is 0 Å². The van der Waals surface area contributed by atoms with E-state index < -0.39 is 0 Å². The number of hydrogen-bond acceptors (Lipinski definition) is 2. The Bertz CT molecular complexity index is 350. The second-order valence-corrected chi connectivity index (χ2v) is 4.12. The third-order valence-corrected chi connectivity index (χ3v) is 2.90. The fraction of sp³-hybridized carbons (Fsp3) is 0.300. The molecule has 0 atom stereocenters. The Morgan fingerprint density at radius 3 is 2.71 bits per heavy atom. The van der Waals surface area contributed by atoms with E-state index in [-0.39, 0.29) is 6.61 Å². The largest absolute Gasteiger partial charge is 0.396 e. The van der Waals surface area contributed by atoms with Gasteiger partial charge in [-0.1, -0.05) is 27.5 Å². The monoisotopic (exact) mass is 273 g/mol. The Balaban J connectivity index is 3.01. The first-order valence-electron chi connectivity index (χ1n) is 4.18. The first kappa shape index (κ1) is 11.5. The van der Waals surface area contributed by atoms with Crippen LogP contribution in [-0.4, -0.2) is 11.7 Å². The van der Waals surface area contributed by atoms with Crippen molar-refractivity contribution in [1.82, 2.24) is 0 Å². The predicted octanol–water partition coefficient (Wildman–Crippen LogP) is 2.90. The summed E-state index contributed by atoms with van der Waals surface area (Å²) in [7, 11) is 0. The van der Waals surface area contributed by atoms with Crippen molar-refractivity contribution < 1.29 is 5.11 Å². The van der Waals surface area contributed by atoms with Crippen molar-refractivity contribution in [3.63, 3.8) is 0 Å². The number of benzene rings is 1. The molecule has 0 aliphatic heterocycles. The summed E-state index contributed by atoms with van der Waals surface area (Å²) < 4.78 is 0.829. The molecule has 0 heterocycles. The Morgan fingerprint density at radius 1 is 1.50 bits per heavy atom. The normalized spacial score (nSPS) is 9.86. The van der Waals surface area contributed by atoms with Gasteiger partial charge >= 0.3 is 0 Å². The zero-order valence-electron chi connectivity index (χ0n) is 7.43. The van der Waals surface area contributed by atoms with Gasteiger partial charge in [0.05, 0.1) is 11.6 Å². The molecule has 0 aliphatic rings. The van der Waals surface area contributed by atoms with E-state index in [9.17, 15) is 0 Å². The number of aliphatic hydroxyl groups excluding tert-OH is 1. The molecule has 0 aliphatic carbocycles. The van der Waals surface area contributed by atoms with E-state index >= 15 is 0 Å². The van der Waals surface area contributed by atoms with Gasteiger partial charge in [0, 0.05) is 16.1 Å². The van der Waals surface area contributed by atoms with Crippen LogP contribution in [0.4, 0.5) is 0 Å². The standard InChI is InChI=1S/C10H9BrClNO/c11-9-4-7(6-13)5-10(12)8(9)2-1-3-14/h4-5,14H,1-3H2. The van der Waals surface area contributed by atoms with E-state index in [0.29, 0.717) is 23.4 Å². The van der Waals surface area contributed by atoms with Crippen LogP contribution >= 0.6 is 27.5 Å². The summed E-state index contributed by atoms with van der Waals surface area (Å²) in [6.45, 7) is 0.142. The highest BCUT2D eigenvalue weighted by atomic mass is 79.9. The SMILES string of the molecule is N#Cc1cc(Cl)c(CCCO)c(Br)c1. The Morgan fingerprint density at radius 2 is 2.21 bits per heavy atom. The first-order chi connectivity index (χ1) is 6.69. The molecule has 14 heavy (non-hydrogen) atoms. The van der Waals surface area contributed by atoms with Crippen molar-refractivity contribution in [2.24, 2.45) is 0 Å². The number of nitriles is 1. The molecule has 0 fully saturated rings. The fourth-order valence-corrected chi connectivity index (χ4v) is 2.25.